The van der Waals surface area contributed by atoms with Crippen molar-refractivity contribution in [1.29, 1.82) is 0 Å². The molecular weight excluding hydrogens is 298 g/mol. The Balaban J connectivity index is 1.54. The summed E-state index contributed by atoms with van der Waals surface area (Å²) in [5, 5.41) is 7.67. The second-order valence-corrected chi connectivity index (χ2v) is 6.12. The number of nitrogens with zero attached hydrogens (tertiary/aromatic N) is 2. The van der Waals surface area contributed by atoms with E-state index < -0.39 is 0 Å². The molecule has 1 aromatic carbocycles. The van der Waals surface area contributed by atoms with Crippen LogP contribution in [0.3, 0.4) is 0 Å². The Morgan fingerprint density at radius 2 is 2.18 bits per heavy atom. The van der Waals surface area contributed by atoms with Gasteiger partial charge in [-0.2, -0.15) is 0 Å². The minimum absolute atomic E-state index is 0.202. The highest BCUT2D eigenvalue weighted by atomic mass is 32.1. The maximum Gasteiger partial charge on any atom is 0.273 e. The lowest BCUT2D eigenvalue weighted by Gasteiger charge is -1.99. The Bertz CT molecular complexity index is 745. The number of aromatic nitrogens is 2. The van der Waals surface area contributed by atoms with E-state index in [9.17, 15) is 4.79 Å². The lowest BCUT2D eigenvalue weighted by atomic mass is 10.2. The van der Waals surface area contributed by atoms with E-state index in [4.69, 9.17) is 4.52 Å². The van der Waals surface area contributed by atoms with Crippen molar-refractivity contribution in [2.75, 3.05) is 6.54 Å². The first-order valence-electron chi connectivity index (χ1n) is 7.34. The highest BCUT2D eigenvalue weighted by molar-refractivity contribution is 7.18. The van der Waals surface area contributed by atoms with Gasteiger partial charge < -0.3 is 9.84 Å². The average molecular weight is 315 g/mol. The molecule has 0 atom stereocenters. The van der Waals surface area contributed by atoms with Gasteiger partial charge in [0.2, 0.25) is 0 Å². The van der Waals surface area contributed by atoms with E-state index in [2.05, 4.69) is 28.4 Å². The number of hydrogen-bond acceptors (Lipinski definition) is 5. The van der Waals surface area contributed by atoms with E-state index in [1.807, 2.05) is 18.2 Å². The van der Waals surface area contributed by atoms with E-state index in [0.29, 0.717) is 18.7 Å². The first-order chi connectivity index (χ1) is 10.8. The molecule has 0 aliphatic heterocycles. The van der Waals surface area contributed by atoms with Crippen LogP contribution in [0.15, 0.2) is 34.9 Å². The standard InChI is InChI=1S/C16H17N3O2S/c1-2-5-11-10-13(19-21-11)16(20)17-9-8-15-18-12-6-3-4-7-14(12)22-15/h3-4,6-7,10H,2,5,8-9H2,1H3,(H,17,20). The summed E-state index contributed by atoms with van der Waals surface area (Å²) in [4.78, 5) is 16.5. The molecule has 0 saturated carbocycles. The number of fused-ring (bicyclic) bond motifs is 1. The predicted octanol–water partition coefficient (Wildman–Crippen LogP) is 3.21. The van der Waals surface area contributed by atoms with Gasteiger partial charge in [-0.05, 0) is 18.6 Å². The number of rotatable bonds is 6. The number of hydrogen-bond donors (Lipinski definition) is 1. The molecule has 2 heterocycles. The van der Waals surface area contributed by atoms with Gasteiger partial charge in [-0.3, -0.25) is 4.79 Å². The third-order valence-corrected chi connectivity index (χ3v) is 4.35. The number of nitrogens with one attached hydrogen (secondary N) is 1. The summed E-state index contributed by atoms with van der Waals surface area (Å²) in [7, 11) is 0. The molecule has 3 rings (SSSR count). The molecule has 0 saturated heterocycles. The monoisotopic (exact) mass is 315 g/mol. The van der Waals surface area contributed by atoms with Crippen molar-refractivity contribution in [1.82, 2.24) is 15.5 Å². The van der Waals surface area contributed by atoms with Gasteiger partial charge in [0, 0.05) is 25.5 Å². The Morgan fingerprint density at radius 3 is 3.00 bits per heavy atom. The molecule has 0 radical (unpaired) electrons. The lowest BCUT2D eigenvalue weighted by molar-refractivity contribution is 0.0945. The zero-order valence-electron chi connectivity index (χ0n) is 12.3. The third-order valence-electron chi connectivity index (χ3n) is 3.25. The lowest BCUT2D eigenvalue weighted by Crippen LogP contribution is -2.25. The fourth-order valence-corrected chi connectivity index (χ4v) is 3.15. The number of amides is 1. The summed E-state index contributed by atoms with van der Waals surface area (Å²) in [6, 6.07) is 9.74. The van der Waals surface area contributed by atoms with Crippen molar-refractivity contribution >= 4 is 27.5 Å². The number of carbonyl (C=O) groups is 1. The first-order valence-corrected chi connectivity index (χ1v) is 8.16. The summed E-state index contributed by atoms with van der Waals surface area (Å²) in [5.41, 5.74) is 1.35. The second-order valence-electron chi connectivity index (χ2n) is 5.01. The number of carbonyl (C=O) groups excluding carboxylic acids is 1. The van der Waals surface area contributed by atoms with Crippen molar-refractivity contribution in [3.8, 4) is 0 Å². The van der Waals surface area contributed by atoms with E-state index in [0.717, 1.165) is 29.1 Å². The van der Waals surface area contributed by atoms with Crippen molar-refractivity contribution in [2.45, 2.75) is 26.2 Å². The molecule has 0 bridgehead atoms. The quantitative estimate of drug-likeness (QED) is 0.758. The van der Waals surface area contributed by atoms with Gasteiger partial charge in [-0.1, -0.05) is 24.2 Å². The molecule has 0 unspecified atom stereocenters. The normalized spacial score (nSPS) is 11.0. The molecule has 0 fully saturated rings. The minimum Gasteiger partial charge on any atom is -0.361 e. The van der Waals surface area contributed by atoms with E-state index in [1.165, 1.54) is 4.70 Å². The van der Waals surface area contributed by atoms with Crippen LogP contribution in [-0.4, -0.2) is 22.6 Å². The predicted molar refractivity (Wildman–Crippen MR) is 86.2 cm³/mol. The largest absolute Gasteiger partial charge is 0.361 e. The number of aryl methyl sites for hydroxylation is 1. The maximum atomic E-state index is 12.0. The molecule has 22 heavy (non-hydrogen) atoms. The minimum atomic E-state index is -0.202. The molecule has 0 spiro atoms. The van der Waals surface area contributed by atoms with Crippen LogP contribution in [0.4, 0.5) is 0 Å². The Labute approximate surface area is 132 Å². The molecule has 6 heteroatoms. The zero-order valence-corrected chi connectivity index (χ0v) is 13.2. The van der Waals surface area contributed by atoms with E-state index in [1.54, 1.807) is 17.4 Å². The Morgan fingerprint density at radius 1 is 1.32 bits per heavy atom. The summed E-state index contributed by atoms with van der Waals surface area (Å²) in [6.07, 6.45) is 2.48. The smallest absolute Gasteiger partial charge is 0.273 e. The summed E-state index contributed by atoms with van der Waals surface area (Å²) < 4.78 is 6.28. The van der Waals surface area contributed by atoms with Crippen molar-refractivity contribution < 1.29 is 9.32 Å². The fourth-order valence-electron chi connectivity index (χ4n) is 2.18. The molecule has 2 aromatic heterocycles. The maximum absolute atomic E-state index is 12.0. The van der Waals surface area contributed by atoms with Crippen LogP contribution in [0, 0.1) is 0 Å². The fraction of sp³-hybridized carbons (Fsp3) is 0.312. The Kier molecular flexibility index (Phi) is 4.48. The van der Waals surface area contributed by atoms with Gasteiger partial charge in [0.25, 0.3) is 5.91 Å². The van der Waals surface area contributed by atoms with Crippen LogP contribution in [0.2, 0.25) is 0 Å². The average Bonchev–Trinajstić information content (AvgIpc) is 3.13. The van der Waals surface area contributed by atoms with Gasteiger partial charge >= 0.3 is 0 Å². The molecule has 0 aliphatic rings. The highest BCUT2D eigenvalue weighted by Crippen LogP contribution is 2.21. The van der Waals surface area contributed by atoms with Crippen LogP contribution in [-0.2, 0) is 12.8 Å². The van der Waals surface area contributed by atoms with Crippen molar-refractivity contribution in [2.24, 2.45) is 0 Å². The van der Waals surface area contributed by atoms with Crippen LogP contribution >= 0.6 is 11.3 Å². The van der Waals surface area contributed by atoms with Crippen molar-refractivity contribution in [3.05, 3.63) is 46.8 Å². The molecular formula is C16H17N3O2S. The summed E-state index contributed by atoms with van der Waals surface area (Å²) in [6.45, 7) is 2.59. The topological polar surface area (TPSA) is 68.0 Å². The van der Waals surface area contributed by atoms with E-state index >= 15 is 0 Å². The number of benzene rings is 1. The number of thiazole rings is 1. The molecule has 3 aromatic rings. The zero-order chi connectivity index (χ0) is 15.4. The molecule has 1 amide bonds. The summed E-state index contributed by atoms with van der Waals surface area (Å²) in [5.74, 6) is 0.547. The molecule has 114 valence electrons. The van der Waals surface area contributed by atoms with Gasteiger partial charge in [-0.15, -0.1) is 11.3 Å². The SMILES string of the molecule is CCCc1cc(C(=O)NCCc2nc3ccccc3s2)no1. The van der Waals surface area contributed by atoms with Crippen LogP contribution in [0.5, 0.6) is 0 Å². The van der Waals surface area contributed by atoms with Crippen molar-refractivity contribution in [3.63, 3.8) is 0 Å². The highest BCUT2D eigenvalue weighted by Gasteiger charge is 2.12. The van der Waals surface area contributed by atoms with E-state index in [-0.39, 0.29) is 5.91 Å². The van der Waals surface area contributed by atoms with Gasteiger partial charge in [0.1, 0.15) is 5.76 Å². The Hall–Kier alpha value is -2.21. The first kappa shape index (κ1) is 14.7. The third kappa shape index (κ3) is 3.33. The van der Waals surface area contributed by atoms with Crippen LogP contribution in [0.25, 0.3) is 10.2 Å². The van der Waals surface area contributed by atoms with Gasteiger partial charge in [-0.25, -0.2) is 4.98 Å². The van der Waals surface area contributed by atoms with Gasteiger partial charge in [0.05, 0.1) is 15.2 Å². The van der Waals surface area contributed by atoms with Crippen LogP contribution in [0.1, 0.15) is 34.6 Å². The number of para-hydroxylation sites is 1. The molecule has 1 N–H and O–H groups in total. The molecule has 0 aliphatic carbocycles. The second kappa shape index (κ2) is 6.70. The van der Waals surface area contributed by atoms with Gasteiger partial charge in [0.15, 0.2) is 5.69 Å². The van der Waals surface area contributed by atoms with Crippen LogP contribution < -0.4 is 5.32 Å². The summed E-state index contributed by atoms with van der Waals surface area (Å²) >= 11 is 1.66. The molecule has 5 nitrogen and oxygen atoms in total.